The maximum Gasteiger partial charge on any atom is 0.305 e. The van der Waals surface area contributed by atoms with Gasteiger partial charge >= 0.3 is 5.97 Å². The van der Waals surface area contributed by atoms with E-state index in [-0.39, 0.29) is 18.3 Å². The molecule has 0 aliphatic carbocycles. The molecular formula is C25H29FN4O4. The lowest BCUT2D eigenvalue weighted by atomic mass is 9.88. The van der Waals surface area contributed by atoms with Crippen molar-refractivity contribution in [2.24, 2.45) is 10.9 Å². The normalized spacial score (nSPS) is 22.1. The number of amides is 1. The molecule has 0 radical (unpaired) electrons. The number of methoxy groups -OCH3 is 1. The van der Waals surface area contributed by atoms with Crippen LogP contribution in [0.5, 0.6) is 5.75 Å². The molecule has 0 saturated carbocycles. The second-order valence-corrected chi connectivity index (χ2v) is 8.71. The van der Waals surface area contributed by atoms with Gasteiger partial charge < -0.3 is 20.1 Å². The molecule has 2 aliphatic heterocycles. The molecule has 4 atom stereocenters. The summed E-state index contributed by atoms with van der Waals surface area (Å²) < 4.78 is 19.0. The lowest BCUT2D eigenvalue weighted by Crippen LogP contribution is -2.46. The Hall–Kier alpha value is -3.46. The van der Waals surface area contributed by atoms with E-state index in [0.717, 1.165) is 31.2 Å². The molecule has 3 heterocycles. The number of hydrogen-bond acceptors (Lipinski definition) is 5. The number of H-pyrrole nitrogens is 1. The Morgan fingerprint density at radius 3 is 2.94 bits per heavy atom. The Labute approximate surface area is 197 Å². The zero-order valence-corrected chi connectivity index (χ0v) is 19.0. The Kier molecular flexibility index (Phi) is 7.42. The summed E-state index contributed by atoms with van der Waals surface area (Å²) in [7, 11) is 1.35. The molecule has 1 aromatic carbocycles. The van der Waals surface area contributed by atoms with Crippen molar-refractivity contribution in [1.29, 1.82) is 0 Å². The topological polar surface area (TPSA) is 116 Å². The fourth-order valence-corrected chi connectivity index (χ4v) is 4.54. The summed E-state index contributed by atoms with van der Waals surface area (Å²) in [6.07, 6.45) is 11.5. The van der Waals surface area contributed by atoms with E-state index in [0.29, 0.717) is 23.2 Å². The number of carbonyl (C=O) groups is 2. The maximum absolute atomic E-state index is 14.1. The third-order valence-corrected chi connectivity index (χ3v) is 6.38. The number of aromatic nitrogens is 1. The fraction of sp³-hybridized carbons (Fsp3) is 0.400. The van der Waals surface area contributed by atoms with Crippen molar-refractivity contribution in [3.8, 4) is 5.75 Å². The number of aliphatic carboxylic acids is 1. The number of allylic oxidation sites excluding steroid dienone is 1. The molecular weight excluding hydrogens is 439 g/mol. The monoisotopic (exact) mass is 468 g/mol. The van der Waals surface area contributed by atoms with Crippen molar-refractivity contribution in [1.82, 2.24) is 15.6 Å². The predicted octanol–water partition coefficient (Wildman–Crippen LogP) is 3.38. The van der Waals surface area contributed by atoms with Crippen LogP contribution in [0.15, 0.2) is 47.6 Å². The van der Waals surface area contributed by atoms with E-state index in [9.17, 15) is 19.1 Å². The number of halogens is 1. The molecule has 1 aromatic heterocycles. The van der Waals surface area contributed by atoms with E-state index in [1.807, 2.05) is 12.3 Å². The SMILES string of the molecule is COc1ccc([C@H](CC(=O)O)NC(=O)c2cc(CCC3CCC4C=CC=NC4N3)c[nH]2)cc1F. The van der Waals surface area contributed by atoms with Gasteiger partial charge in [-0.2, -0.15) is 0 Å². The molecule has 0 bridgehead atoms. The number of carboxylic acids is 1. The number of dihydropyridines is 1. The minimum Gasteiger partial charge on any atom is -0.494 e. The minimum absolute atomic E-state index is 0.0490. The van der Waals surface area contributed by atoms with Gasteiger partial charge in [-0.15, -0.1) is 0 Å². The van der Waals surface area contributed by atoms with Gasteiger partial charge in [0.1, 0.15) is 11.9 Å². The van der Waals surface area contributed by atoms with Crippen molar-refractivity contribution in [3.63, 3.8) is 0 Å². The zero-order valence-electron chi connectivity index (χ0n) is 19.0. The summed E-state index contributed by atoms with van der Waals surface area (Å²) in [6, 6.07) is 5.39. The molecule has 4 rings (SSSR count). The van der Waals surface area contributed by atoms with Crippen LogP contribution in [0.1, 0.15) is 53.3 Å². The van der Waals surface area contributed by atoms with E-state index >= 15 is 0 Å². The molecule has 9 heteroatoms. The number of nitrogens with zero attached hydrogens (tertiary/aromatic N) is 1. The number of piperidine rings is 1. The van der Waals surface area contributed by atoms with Crippen LogP contribution in [0.4, 0.5) is 4.39 Å². The number of hydrogen-bond donors (Lipinski definition) is 4. The van der Waals surface area contributed by atoms with Crippen LogP contribution >= 0.6 is 0 Å². The first kappa shape index (κ1) is 23.7. The molecule has 34 heavy (non-hydrogen) atoms. The van der Waals surface area contributed by atoms with E-state index in [1.54, 1.807) is 18.3 Å². The molecule has 2 aromatic rings. The zero-order chi connectivity index (χ0) is 24.1. The summed E-state index contributed by atoms with van der Waals surface area (Å²) in [5.74, 6) is -1.66. The minimum atomic E-state index is -1.10. The molecule has 180 valence electrons. The average molecular weight is 469 g/mol. The predicted molar refractivity (Wildman–Crippen MR) is 126 cm³/mol. The molecule has 0 spiro atoms. The number of rotatable bonds is 9. The van der Waals surface area contributed by atoms with Crippen molar-refractivity contribution >= 4 is 18.1 Å². The number of ether oxygens (including phenoxy) is 1. The number of nitrogens with one attached hydrogen (secondary N) is 3. The Balaban J connectivity index is 1.35. The van der Waals surface area contributed by atoms with Gasteiger partial charge in [0.05, 0.1) is 19.6 Å². The third kappa shape index (κ3) is 5.72. The van der Waals surface area contributed by atoms with Crippen molar-refractivity contribution in [2.45, 2.75) is 50.4 Å². The quantitative estimate of drug-likeness (QED) is 0.450. The first-order valence-corrected chi connectivity index (χ1v) is 11.4. The smallest absolute Gasteiger partial charge is 0.305 e. The van der Waals surface area contributed by atoms with Crippen LogP contribution in [0.25, 0.3) is 0 Å². The highest BCUT2D eigenvalue weighted by molar-refractivity contribution is 5.93. The van der Waals surface area contributed by atoms with Gasteiger partial charge in [0.15, 0.2) is 11.6 Å². The van der Waals surface area contributed by atoms with Gasteiger partial charge in [-0.1, -0.05) is 12.1 Å². The summed E-state index contributed by atoms with van der Waals surface area (Å²) in [4.78, 5) is 31.6. The Morgan fingerprint density at radius 1 is 1.32 bits per heavy atom. The van der Waals surface area contributed by atoms with Gasteiger partial charge in [-0.05, 0) is 61.1 Å². The van der Waals surface area contributed by atoms with Crippen molar-refractivity contribution in [3.05, 3.63) is 65.3 Å². The molecule has 8 nitrogen and oxygen atoms in total. The average Bonchev–Trinajstić information content (AvgIpc) is 3.31. The largest absolute Gasteiger partial charge is 0.494 e. The van der Waals surface area contributed by atoms with Crippen LogP contribution < -0.4 is 15.4 Å². The number of aliphatic imine (C=N–C) groups is 1. The second-order valence-electron chi connectivity index (χ2n) is 8.71. The Morgan fingerprint density at radius 2 is 2.18 bits per heavy atom. The van der Waals surface area contributed by atoms with Crippen LogP contribution in [0.3, 0.4) is 0 Å². The highest BCUT2D eigenvalue weighted by atomic mass is 19.1. The van der Waals surface area contributed by atoms with Crippen molar-refractivity contribution in [2.75, 3.05) is 7.11 Å². The number of carbonyl (C=O) groups excluding carboxylic acids is 1. The summed E-state index contributed by atoms with van der Waals surface area (Å²) in [5, 5.41) is 15.6. The number of fused-ring (bicyclic) bond motifs is 1. The molecule has 1 saturated heterocycles. The highest BCUT2D eigenvalue weighted by Gasteiger charge is 2.28. The van der Waals surface area contributed by atoms with E-state index in [1.165, 1.54) is 19.2 Å². The van der Waals surface area contributed by atoms with Gasteiger partial charge in [-0.25, -0.2) is 4.39 Å². The maximum atomic E-state index is 14.1. The Bertz CT molecular complexity index is 1100. The van der Waals surface area contributed by atoms with Crippen molar-refractivity contribution < 1.29 is 23.8 Å². The summed E-state index contributed by atoms with van der Waals surface area (Å²) >= 11 is 0. The van der Waals surface area contributed by atoms with Gasteiger partial charge in [0, 0.05) is 24.4 Å². The fourth-order valence-electron chi connectivity index (χ4n) is 4.54. The van der Waals surface area contributed by atoms with Gasteiger partial charge in [0.25, 0.3) is 5.91 Å². The first-order valence-electron chi connectivity index (χ1n) is 11.4. The van der Waals surface area contributed by atoms with E-state index in [4.69, 9.17) is 4.74 Å². The van der Waals surface area contributed by atoms with Crippen LogP contribution in [0.2, 0.25) is 0 Å². The lowest BCUT2D eigenvalue weighted by Gasteiger charge is -2.35. The summed E-state index contributed by atoms with van der Waals surface area (Å²) in [5.41, 5.74) is 1.67. The number of aryl methyl sites for hydroxylation is 1. The van der Waals surface area contributed by atoms with E-state index in [2.05, 4.69) is 26.7 Å². The second kappa shape index (κ2) is 10.6. The third-order valence-electron chi connectivity index (χ3n) is 6.38. The van der Waals surface area contributed by atoms with Crippen LogP contribution in [0, 0.1) is 11.7 Å². The molecule has 4 N–H and O–H groups in total. The van der Waals surface area contributed by atoms with Gasteiger partial charge in [0.2, 0.25) is 0 Å². The molecule has 1 fully saturated rings. The molecule has 1 amide bonds. The number of carboxylic acid groups (broad SMARTS) is 1. The van der Waals surface area contributed by atoms with Crippen LogP contribution in [-0.4, -0.2) is 47.5 Å². The molecule has 3 unspecified atom stereocenters. The van der Waals surface area contributed by atoms with Crippen LogP contribution in [-0.2, 0) is 11.2 Å². The highest BCUT2D eigenvalue weighted by Crippen LogP contribution is 2.26. The van der Waals surface area contributed by atoms with Gasteiger partial charge in [-0.3, -0.25) is 19.9 Å². The lowest BCUT2D eigenvalue weighted by molar-refractivity contribution is -0.137. The number of benzene rings is 1. The first-order chi connectivity index (χ1) is 16.4. The standard InChI is InChI=1S/C25H29FN4O4/c1-34-22-9-6-17(12-19(22)26)20(13-23(31)32)30-25(33)21-11-15(14-28-21)4-7-18-8-5-16-3-2-10-27-24(16)29-18/h2-3,6,9-12,14,16,18,20,24,28-29H,4-5,7-8,13H2,1H3,(H,30,33)(H,31,32)/t16?,18?,20-,24?/m0/s1. The van der Waals surface area contributed by atoms with E-state index < -0.39 is 23.7 Å². The number of aromatic amines is 1. The summed E-state index contributed by atoms with van der Waals surface area (Å²) in [6.45, 7) is 0. The molecule has 2 aliphatic rings.